The highest BCUT2D eigenvalue weighted by atomic mass is 35.5. The molecule has 27 heavy (non-hydrogen) atoms. The molecule has 0 aromatic heterocycles. The first-order chi connectivity index (χ1) is 13.0. The molecule has 1 fully saturated rings. The van der Waals surface area contributed by atoms with E-state index >= 15 is 0 Å². The Morgan fingerprint density at radius 3 is 2.44 bits per heavy atom. The van der Waals surface area contributed by atoms with E-state index < -0.39 is 0 Å². The van der Waals surface area contributed by atoms with Gasteiger partial charge in [-0.05, 0) is 62.4 Å². The summed E-state index contributed by atoms with van der Waals surface area (Å²) < 4.78 is 0. The Bertz CT molecular complexity index is 796. The van der Waals surface area contributed by atoms with Gasteiger partial charge in [-0.2, -0.15) is 0 Å². The van der Waals surface area contributed by atoms with E-state index in [1.165, 1.54) is 0 Å². The average molecular weight is 385 g/mol. The maximum Gasteiger partial charge on any atom is 0.253 e. The molecule has 0 atom stereocenters. The first-order valence-corrected chi connectivity index (χ1v) is 9.80. The predicted octanol–water partition coefficient (Wildman–Crippen LogP) is 4.32. The van der Waals surface area contributed by atoms with Crippen molar-refractivity contribution in [1.29, 1.82) is 0 Å². The Hall–Kier alpha value is -2.33. The zero-order valence-corrected chi connectivity index (χ0v) is 16.3. The van der Waals surface area contributed by atoms with Crippen molar-refractivity contribution in [3.05, 3.63) is 70.2 Å². The van der Waals surface area contributed by atoms with Crippen LogP contribution < -0.4 is 5.32 Å². The van der Waals surface area contributed by atoms with E-state index in [0.29, 0.717) is 23.0 Å². The van der Waals surface area contributed by atoms with Gasteiger partial charge in [-0.25, -0.2) is 0 Å². The van der Waals surface area contributed by atoms with Crippen LogP contribution in [0.3, 0.4) is 0 Å². The number of hydrogen-bond donors (Lipinski definition) is 1. The van der Waals surface area contributed by atoms with E-state index in [-0.39, 0.29) is 11.8 Å². The van der Waals surface area contributed by atoms with Crippen molar-refractivity contribution in [3.8, 4) is 0 Å². The van der Waals surface area contributed by atoms with Gasteiger partial charge in [-0.1, -0.05) is 35.4 Å². The van der Waals surface area contributed by atoms with Gasteiger partial charge in [0.15, 0.2) is 0 Å². The van der Waals surface area contributed by atoms with Gasteiger partial charge in [0.05, 0.1) is 0 Å². The van der Waals surface area contributed by atoms with Crippen LogP contribution in [-0.2, 0) is 0 Å². The van der Waals surface area contributed by atoms with Crippen LogP contribution in [0, 0.1) is 12.8 Å². The number of nitrogens with one attached hydrogen (secondary N) is 1. The number of likely N-dealkylation sites (tertiary alicyclic amines) is 1. The van der Waals surface area contributed by atoms with Crippen molar-refractivity contribution in [2.75, 3.05) is 19.6 Å². The highest BCUT2D eigenvalue weighted by Gasteiger charge is 2.23. The normalized spacial score (nSPS) is 14.8. The second kappa shape index (κ2) is 9.05. The second-order valence-corrected chi connectivity index (χ2v) is 7.59. The van der Waals surface area contributed by atoms with Gasteiger partial charge in [0.25, 0.3) is 11.8 Å². The molecule has 0 saturated carbocycles. The SMILES string of the molecule is Cc1ccc(C(=O)N2CCC(CCNC(=O)c3cccc(Cl)c3)CC2)cc1. The number of hydrogen-bond acceptors (Lipinski definition) is 2. The zero-order chi connectivity index (χ0) is 19.2. The minimum Gasteiger partial charge on any atom is -0.352 e. The summed E-state index contributed by atoms with van der Waals surface area (Å²) in [5.74, 6) is 0.555. The molecule has 2 aromatic rings. The van der Waals surface area contributed by atoms with Gasteiger partial charge in [0, 0.05) is 35.8 Å². The van der Waals surface area contributed by atoms with Crippen LogP contribution in [0.2, 0.25) is 5.02 Å². The number of carbonyl (C=O) groups excluding carboxylic acids is 2. The molecule has 2 aromatic carbocycles. The number of carbonyl (C=O) groups is 2. The van der Waals surface area contributed by atoms with Gasteiger partial charge < -0.3 is 10.2 Å². The highest BCUT2D eigenvalue weighted by molar-refractivity contribution is 6.30. The maximum absolute atomic E-state index is 12.6. The molecule has 2 amide bonds. The minimum absolute atomic E-state index is 0.0931. The molecule has 4 nitrogen and oxygen atoms in total. The molecule has 1 heterocycles. The van der Waals surface area contributed by atoms with Gasteiger partial charge in [0.2, 0.25) is 0 Å². The molecule has 1 aliphatic rings. The van der Waals surface area contributed by atoms with E-state index in [9.17, 15) is 9.59 Å². The van der Waals surface area contributed by atoms with Crippen molar-refractivity contribution in [3.63, 3.8) is 0 Å². The third-order valence-corrected chi connectivity index (χ3v) is 5.36. The van der Waals surface area contributed by atoms with Gasteiger partial charge >= 0.3 is 0 Å². The number of piperidine rings is 1. The Balaban J connectivity index is 1.41. The standard InChI is InChI=1S/C22H25ClN2O2/c1-16-5-7-18(8-6-16)22(27)25-13-10-17(11-14-25)9-12-24-21(26)19-3-2-4-20(23)15-19/h2-8,15,17H,9-14H2,1H3,(H,24,26). The molecule has 1 aliphatic heterocycles. The fourth-order valence-electron chi connectivity index (χ4n) is 3.43. The van der Waals surface area contributed by atoms with Crippen LogP contribution in [-0.4, -0.2) is 36.3 Å². The molecule has 3 rings (SSSR count). The van der Waals surface area contributed by atoms with E-state index in [1.54, 1.807) is 24.3 Å². The molecular formula is C22H25ClN2O2. The first-order valence-electron chi connectivity index (χ1n) is 9.42. The molecule has 0 spiro atoms. The summed E-state index contributed by atoms with van der Waals surface area (Å²) in [6.45, 7) is 4.21. The predicted molar refractivity (Wildman–Crippen MR) is 108 cm³/mol. The van der Waals surface area contributed by atoms with Gasteiger partial charge in [-0.3, -0.25) is 9.59 Å². The van der Waals surface area contributed by atoms with Crippen LogP contribution in [0.15, 0.2) is 48.5 Å². The van der Waals surface area contributed by atoms with Crippen LogP contribution in [0.5, 0.6) is 0 Å². The smallest absolute Gasteiger partial charge is 0.253 e. The van der Waals surface area contributed by atoms with E-state index in [2.05, 4.69) is 5.32 Å². The van der Waals surface area contributed by atoms with Crippen molar-refractivity contribution >= 4 is 23.4 Å². The van der Waals surface area contributed by atoms with Crippen molar-refractivity contribution in [1.82, 2.24) is 10.2 Å². The number of amides is 2. The average Bonchev–Trinajstić information content (AvgIpc) is 2.68. The summed E-state index contributed by atoms with van der Waals surface area (Å²) in [6.07, 6.45) is 2.88. The summed E-state index contributed by atoms with van der Waals surface area (Å²) in [6, 6.07) is 14.7. The third kappa shape index (κ3) is 5.33. The van der Waals surface area contributed by atoms with E-state index in [4.69, 9.17) is 11.6 Å². The van der Waals surface area contributed by atoms with Crippen LogP contribution in [0.1, 0.15) is 45.5 Å². The largest absolute Gasteiger partial charge is 0.352 e. The van der Waals surface area contributed by atoms with Crippen LogP contribution in [0.4, 0.5) is 0 Å². The van der Waals surface area contributed by atoms with Crippen LogP contribution in [0.25, 0.3) is 0 Å². The molecule has 0 radical (unpaired) electrons. The zero-order valence-electron chi connectivity index (χ0n) is 15.6. The lowest BCUT2D eigenvalue weighted by molar-refractivity contribution is 0.0687. The van der Waals surface area contributed by atoms with Gasteiger partial charge in [-0.15, -0.1) is 0 Å². The number of benzene rings is 2. The number of halogens is 1. The molecule has 142 valence electrons. The number of aryl methyl sites for hydroxylation is 1. The maximum atomic E-state index is 12.6. The molecule has 0 unspecified atom stereocenters. The van der Waals surface area contributed by atoms with E-state index in [0.717, 1.165) is 43.5 Å². The highest BCUT2D eigenvalue weighted by Crippen LogP contribution is 2.22. The van der Waals surface area contributed by atoms with Crippen molar-refractivity contribution in [2.24, 2.45) is 5.92 Å². The Morgan fingerprint density at radius 1 is 1.07 bits per heavy atom. The Kier molecular flexibility index (Phi) is 6.51. The van der Waals surface area contributed by atoms with Crippen molar-refractivity contribution < 1.29 is 9.59 Å². The Labute approximate surface area is 165 Å². The third-order valence-electron chi connectivity index (χ3n) is 5.13. The minimum atomic E-state index is -0.0931. The van der Waals surface area contributed by atoms with Gasteiger partial charge in [0.1, 0.15) is 0 Å². The molecule has 0 bridgehead atoms. The molecule has 0 aliphatic carbocycles. The summed E-state index contributed by atoms with van der Waals surface area (Å²) >= 11 is 5.92. The fourth-order valence-corrected chi connectivity index (χ4v) is 3.62. The lowest BCUT2D eigenvalue weighted by Crippen LogP contribution is -2.39. The second-order valence-electron chi connectivity index (χ2n) is 7.16. The lowest BCUT2D eigenvalue weighted by Gasteiger charge is -2.32. The Morgan fingerprint density at radius 2 is 1.78 bits per heavy atom. The quantitative estimate of drug-likeness (QED) is 0.834. The summed E-state index contributed by atoms with van der Waals surface area (Å²) in [7, 11) is 0. The van der Waals surface area contributed by atoms with Crippen LogP contribution >= 0.6 is 11.6 Å². The first kappa shape index (κ1) is 19.4. The van der Waals surface area contributed by atoms with Crippen molar-refractivity contribution in [2.45, 2.75) is 26.2 Å². The monoisotopic (exact) mass is 384 g/mol. The topological polar surface area (TPSA) is 49.4 Å². The molecule has 5 heteroatoms. The fraction of sp³-hybridized carbons (Fsp3) is 0.364. The van der Waals surface area contributed by atoms with E-state index in [1.807, 2.05) is 36.1 Å². The number of rotatable bonds is 5. The molecule has 1 N–H and O–H groups in total. The molecule has 1 saturated heterocycles. The summed E-state index contributed by atoms with van der Waals surface area (Å²) in [4.78, 5) is 26.6. The summed E-state index contributed by atoms with van der Waals surface area (Å²) in [5, 5.41) is 3.52. The molecular weight excluding hydrogens is 360 g/mol. The number of nitrogens with zero attached hydrogens (tertiary/aromatic N) is 1. The lowest BCUT2D eigenvalue weighted by atomic mass is 9.93. The summed E-state index contributed by atoms with van der Waals surface area (Å²) in [5.41, 5.74) is 2.50.